The standard InChI is InChI=1S/C26H38N4O11/c1-14(25(38)29-17(24(27)37)9-10-20(34)35)28-19(33)13-39-23-21(30(3)15(2)32)26(41-18(11-31)22(23)36)40-12-16-7-5-4-6-8-16/h4-8,14,17-18,21-23,26,31,36H,9-13H2,1-3H3,(H2,27,37)(H,28,33)(H,29,38)(H,34,35)/t14?,17?,18-,21-,22-,23-,26?/m1/s1. The number of carboxylic acids is 1. The monoisotopic (exact) mass is 582 g/mol. The second-order valence-electron chi connectivity index (χ2n) is 9.59. The van der Waals surface area contributed by atoms with Crippen LogP contribution in [0.25, 0.3) is 0 Å². The minimum atomic E-state index is -1.46. The van der Waals surface area contributed by atoms with Gasteiger partial charge in [-0.15, -0.1) is 0 Å². The molecule has 0 aliphatic carbocycles. The smallest absolute Gasteiger partial charge is 0.303 e. The van der Waals surface area contributed by atoms with E-state index in [1.807, 2.05) is 30.3 Å². The van der Waals surface area contributed by atoms with Crippen molar-refractivity contribution in [1.29, 1.82) is 0 Å². The van der Waals surface area contributed by atoms with Gasteiger partial charge >= 0.3 is 5.97 Å². The first kappa shape index (κ1) is 33.6. The molecule has 2 rings (SSSR count). The number of hydrogen-bond acceptors (Lipinski definition) is 10. The average molecular weight is 583 g/mol. The van der Waals surface area contributed by atoms with E-state index in [-0.39, 0.29) is 13.0 Å². The first-order chi connectivity index (χ1) is 19.3. The quantitative estimate of drug-likeness (QED) is 0.131. The summed E-state index contributed by atoms with van der Waals surface area (Å²) < 4.78 is 17.4. The highest BCUT2D eigenvalue weighted by Gasteiger charge is 2.49. The van der Waals surface area contributed by atoms with E-state index in [1.54, 1.807) is 0 Å². The summed E-state index contributed by atoms with van der Waals surface area (Å²) in [6.45, 7) is 1.44. The van der Waals surface area contributed by atoms with Crippen LogP contribution in [0.4, 0.5) is 0 Å². The molecule has 1 aromatic carbocycles. The lowest BCUT2D eigenvalue weighted by Gasteiger charge is -2.47. The second kappa shape index (κ2) is 16.0. The number of primary amides is 1. The Morgan fingerprint density at radius 3 is 2.34 bits per heavy atom. The molecular weight excluding hydrogens is 544 g/mol. The van der Waals surface area contributed by atoms with E-state index in [4.69, 9.17) is 25.1 Å². The molecule has 41 heavy (non-hydrogen) atoms. The first-order valence-electron chi connectivity index (χ1n) is 12.9. The third kappa shape index (κ3) is 10.1. The Morgan fingerprint density at radius 2 is 1.78 bits per heavy atom. The SMILES string of the molecule is CC(=O)N(C)[C@H]1C(OCc2ccccc2)O[C@H](CO)[C@@H](O)[C@@H]1OCC(=O)NC(C)C(=O)NC(CCC(=O)O)C(N)=O. The number of carbonyl (C=O) groups excluding carboxylic acids is 4. The van der Waals surface area contributed by atoms with Gasteiger partial charge in [-0.3, -0.25) is 24.0 Å². The number of aliphatic hydroxyl groups excluding tert-OH is 2. The zero-order valence-corrected chi connectivity index (χ0v) is 23.1. The molecule has 0 radical (unpaired) electrons. The molecule has 1 aliphatic heterocycles. The molecule has 1 aliphatic rings. The zero-order chi connectivity index (χ0) is 30.7. The number of amides is 4. The van der Waals surface area contributed by atoms with Gasteiger partial charge in [0.05, 0.1) is 13.2 Å². The first-order valence-corrected chi connectivity index (χ1v) is 12.9. The molecule has 15 nitrogen and oxygen atoms in total. The van der Waals surface area contributed by atoms with Crippen molar-refractivity contribution in [2.75, 3.05) is 20.3 Å². The summed E-state index contributed by atoms with van der Waals surface area (Å²) in [5.74, 6) is -4.08. The predicted molar refractivity (Wildman–Crippen MR) is 141 cm³/mol. The van der Waals surface area contributed by atoms with Crippen molar-refractivity contribution < 1.29 is 53.5 Å². The maximum absolute atomic E-state index is 12.6. The number of aliphatic carboxylic acids is 1. The van der Waals surface area contributed by atoms with Crippen LogP contribution in [0.2, 0.25) is 0 Å². The van der Waals surface area contributed by atoms with Crippen molar-refractivity contribution in [3.05, 3.63) is 35.9 Å². The van der Waals surface area contributed by atoms with Crippen LogP contribution in [0.3, 0.4) is 0 Å². The van der Waals surface area contributed by atoms with Gasteiger partial charge in [0.25, 0.3) is 0 Å². The fourth-order valence-corrected chi connectivity index (χ4v) is 4.12. The van der Waals surface area contributed by atoms with Crippen molar-refractivity contribution in [1.82, 2.24) is 15.5 Å². The molecule has 7 atom stereocenters. The lowest BCUT2D eigenvalue weighted by Crippen LogP contribution is -2.65. The summed E-state index contributed by atoms with van der Waals surface area (Å²) in [5, 5.41) is 34.1. The minimum absolute atomic E-state index is 0.0839. The Balaban J connectivity index is 2.09. The maximum atomic E-state index is 12.6. The molecule has 0 aromatic heterocycles. The molecule has 1 saturated heterocycles. The molecule has 7 N–H and O–H groups in total. The van der Waals surface area contributed by atoms with Crippen molar-refractivity contribution in [2.45, 2.75) is 76.0 Å². The number of aliphatic hydroxyl groups is 2. The van der Waals surface area contributed by atoms with Gasteiger partial charge in [0.1, 0.15) is 43.0 Å². The van der Waals surface area contributed by atoms with Gasteiger partial charge in [-0.25, -0.2) is 0 Å². The molecule has 0 saturated carbocycles. The van der Waals surface area contributed by atoms with E-state index in [0.717, 1.165) is 5.56 Å². The Hall–Kier alpha value is -3.63. The number of carboxylic acid groups (broad SMARTS) is 1. The predicted octanol–water partition coefficient (Wildman–Crippen LogP) is -2.15. The summed E-state index contributed by atoms with van der Waals surface area (Å²) in [6.07, 6.45) is -5.62. The number of likely N-dealkylation sites (N-methyl/N-ethyl adjacent to an activating group) is 1. The topological polar surface area (TPSA) is 227 Å². The van der Waals surface area contributed by atoms with Crippen LogP contribution in [0.15, 0.2) is 30.3 Å². The lowest BCUT2D eigenvalue weighted by atomic mass is 9.95. The van der Waals surface area contributed by atoms with E-state index in [0.29, 0.717) is 0 Å². The van der Waals surface area contributed by atoms with Gasteiger partial charge in [-0.05, 0) is 18.9 Å². The van der Waals surface area contributed by atoms with E-state index < -0.39 is 92.0 Å². The largest absolute Gasteiger partial charge is 0.481 e. The summed E-state index contributed by atoms with van der Waals surface area (Å²) in [6, 6.07) is 5.66. The van der Waals surface area contributed by atoms with Crippen LogP contribution in [-0.2, 0) is 44.8 Å². The lowest BCUT2D eigenvalue weighted by molar-refractivity contribution is -0.292. The Morgan fingerprint density at radius 1 is 1.12 bits per heavy atom. The molecular formula is C26H38N4O11. The number of carbonyl (C=O) groups is 5. The van der Waals surface area contributed by atoms with Gasteiger partial charge < -0.3 is 50.8 Å². The average Bonchev–Trinajstić information content (AvgIpc) is 2.93. The molecule has 1 aromatic rings. The van der Waals surface area contributed by atoms with Crippen molar-refractivity contribution in [2.24, 2.45) is 5.73 Å². The van der Waals surface area contributed by atoms with Crippen LogP contribution in [0.5, 0.6) is 0 Å². The van der Waals surface area contributed by atoms with E-state index >= 15 is 0 Å². The fourth-order valence-electron chi connectivity index (χ4n) is 4.12. The van der Waals surface area contributed by atoms with Gasteiger partial charge in [0.15, 0.2) is 6.29 Å². The van der Waals surface area contributed by atoms with E-state index in [1.165, 1.54) is 25.8 Å². The molecule has 1 fully saturated rings. The van der Waals surface area contributed by atoms with Crippen LogP contribution in [-0.4, -0.2) is 113 Å². The zero-order valence-electron chi connectivity index (χ0n) is 23.1. The summed E-state index contributed by atoms with van der Waals surface area (Å²) in [5.41, 5.74) is 6.02. The Kier molecular flexibility index (Phi) is 13.1. The number of rotatable bonds is 15. The third-order valence-electron chi connectivity index (χ3n) is 6.51. The Bertz CT molecular complexity index is 1060. The van der Waals surface area contributed by atoms with Gasteiger partial charge in [-0.1, -0.05) is 30.3 Å². The molecule has 0 spiro atoms. The highest BCUT2D eigenvalue weighted by molar-refractivity contribution is 5.91. The van der Waals surface area contributed by atoms with Crippen LogP contribution >= 0.6 is 0 Å². The number of benzene rings is 1. The van der Waals surface area contributed by atoms with Crippen molar-refractivity contribution in [3.8, 4) is 0 Å². The maximum Gasteiger partial charge on any atom is 0.303 e. The fraction of sp³-hybridized carbons (Fsp3) is 0.577. The van der Waals surface area contributed by atoms with Crippen LogP contribution < -0.4 is 16.4 Å². The summed E-state index contributed by atoms with van der Waals surface area (Å²) >= 11 is 0. The number of ether oxygens (including phenoxy) is 3. The molecule has 4 amide bonds. The summed E-state index contributed by atoms with van der Waals surface area (Å²) in [4.78, 5) is 61.0. The van der Waals surface area contributed by atoms with Crippen LogP contribution in [0.1, 0.15) is 32.3 Å². The molecule has 15 heteroatoms. The van der Waals surface area contributed by atoms with E-state index in [2.05, 4.69) is 10.6 Å². The molecule has 3 unspecified atom stereocenters. The minimum Gasteiger partial charge on any atom is -0.481 e. The van der Waals surface area contributed by atoms with Crippen LogP contribution in [0, 0.1) is 0 Å². The molecule has 1 heterocycles. The third-order valence-corrected chi connectivity index (χ3v) is 6.51. The highest BCUT2D eigenvalue weighted by Crippen LogP contribution is 2.28. The normalized spacial score (nSPS) is 23.6. The second-order valence-corrected chi connectivity index (χ2v) is 9.59. The number of nitrogens with zero attached hydrogens (tertiary/aromatic N) is 1. The highest BCUT2D eigenvalue weighted by atomic mass is 16.7. The van der Waals surface area contributed by atoms with Gasteiger partial charge in [0, 0.05) is 20.4 Å². The number of hydrogen-bond donors (Lipinski definition) is 6. The number of nitrogens with two attached hydrogens (primary N) is 1. The van der Waals surface area contributed by atoms with E-state index in [9.17, 15) is 34.2 Å². The number of nitrogens with one attached hydrogen (secondary N) is 2. The van der Waals surface area contributed by atoms with Crippen molar-refractivity contribution >= 4 is 29.6 Å². The molecule has 228 valence electrons. The van der Waals surface area contributed by atoms with Crippen molar-refractivity contribution in [3.63, 3.8) is 0 Å². The van der Waals surface area contributed by atoms with Gasteiger partial charge in [-0.2, -0.15) is 0 Å². The summed E-state index contributed by atoms with van der Waals surface area (Å²) in [7, 11) is 1.45. The van der Waals surface area contributed by atoms with Gasteiger partial charge in [0.2, 0.25) is 23.6 Å². The molecule has 0 bridgehead atoms. The Labute approximate surface area is 236 Å².